The van der Waals surface area contributed by atoms with Crippen LogP contribution in [0.5, 0.6) is 0 Å². The normalized spacial score (nSPS) is 15.7. The van der Waals surface area contributed by atoms with E-state index in [4.69, 9.17) is 0 Å². The minimum atomic E-state index is -4.65. The molecule has 0 radical (unpaired) electrons. The standard InChI is InChI=1S/C26H25F3N6O/c27-26(28,29)25-32-31-22-11-12-23(33-35(22)25)34-15-13-20(14-16-34)24(36)30-21(19-9-5-2-6-10-19)17-18-7-3-1-4-8-18/h1-12,20-21H,13-17H2,(H,30,36). The van der Waals surface area contributed by atoms with Crippen molar-refractivity contribution in [3.8, 4) is 0 Å². The molecule has 1 aliphatic heterocycles. The second kappa shape index (κ2) is 9.96. The number of halogens is 3. The van der Waals surface area contributed by atoms with Gasteiger partial charge in [0.15, 0.2) is 5.65 Å². The molecule has 1 atom stereocenters. The molecule has 0 aliphatic carbocycles. The van der Waals surface area contributed by atoms with Gasteiger partial charge in [-0.15, -0.1) is 15.3 Å². The Morgan fingerprint density at radius 3 is 2.28 bits per heavy atom. The number of anilines is 1. The fraction of sp³-hybridized carbons (Fsp3) is 0.308. The van der Waals surface area contributed by atoms with Crippen molar-refractivity contribution in [2.75, 3.05) is 18.0 Å². The summed E-state index contributed by atoms with van der Waals surface area (Å²) in [4.78, 5) is 15.1. The quantitative estimate of drug-likeness (QED) is 0.429. The molecule has 1 saturated heterocycles. The zero-order valence-electron chi connectivity index (χ0n) is 19.4. The average molecular weight is 495 g/mol. The molecule has 1 fully saturated rings. The summed E-state index contributed by atoms with van der Waals surface area (Å²) in [5, 5.41) is 14.1. The second-order valence-electron chi connectivity index (χ2n) is 8.91. The number of benzene rings is 2. The zero-order chi connectivity index (χ0) is 25.1. The van der Waals surface area contributed by atoms with E-state index in [2.05, 4.69) is 20.6 Å². The molecule has 10 heteroatoms. The number of carbonyl (C=O) groups excluding carboxylic acids is 1. The van der Waals surface area contributed by atoms with E-state index in [9.17, 15) is 18.0 Å². The van der Waals surface area contributed by atoms with Crippen LogP contribution in [0.4, 0.5) is 19.0 Å². The number of carbonyl (C=O) groups is 1. The van der Waals surface area contributed by atoms with Crippen LogP contribution in [0.15, 0.2) is 72.8 Å². The first-order valence-corrected chi connectivity index (χ1v) is 11.8. The van der Waals surface area contributed by atoms with Gasteiger partial charge in [-0.2, -0.15) is 17.7 Å². The molecule has 4 aromatic rings. The first kappa shape index (κ1) is 23.8. The second-order valence-corrected chi connectivity index (χ2v) is 8.91. The topological polar surface area (TPSA) is 75.4 Å². The Bertz CT molecular complexity index is 1320. The van der Waals surface area contributed by atoms with Crippen LogP contribution < -0.4 is 10.2 Å². The number of fused-ring (bicyclic) bond motifs is 1. The highest BCUT2D eigenvalue weighted by atomic mass is 19.4. The molecular formula is C26H25F3N6O. The van der Waals surface area contributed by atoms with E-state index in [0.717, 1.165) is 15.6 Å². The van der Waals surface area contributed by atoms with Gasteiger partial charge in [-0.1, -0.05) is 60.7 Å². The minimum absolute atomic E-state index is 0.0130. The van der Waals surface area contributed by atoms with E-state index < -0.39 is 12.0 Å². The van der Waals surface area contributed by atoms with Crippen molar-refractivity contribution in [2.45, 2.75) is 31.5 Å². The van der Waals surface area contributed by atoms with Crippen LogP contribution in [0.3, 0.4) is 0 Å². The number of nitrogens with zero attached hydrogens (tertiary/aromatic N) is 5. The van der Waals surface area contributed by atoms with Gasteiger partial charge in [-0.25, -0.2) is 0 Å². The number of alkyl halides is 3. The van der Waals surface area contributed by atoms with Crippen molar-refractivity contribution in [2.24, 2.45) is 5.92 Å². The highest BCUT2D eigenvalue weighted by Gasteiger charge is 2.38. The zero-order valence-corrected chi connectivity index (χ0v) is 19.4. The number of rotatable bonds is 6. The summed E-state index contributed by atoms with van der Waals surface area (Å²) in [6.45, 7) is 1.02. The van der Waals surface area contributed by atoms with Gasteiger partial charge in [0.25, 0.3) is 5.82 Å². The van der Waals surface area contributed by atoms with Crippen LogP contribution in [-0.4, -0.2) is 38.8 Å². The number of nitrogens with one attached hydrogen (secondary N) is 1. The lowest BCUT2D eigenvalue weighted by atomic mass is 9.93. The van der Waals surface area contributed by atoms with Gasteiger partial charge in [0.05, 0.1) is 6.04 Å². The minimum Gasteiger partial charge on any atom is -0.355 e. The molecule has 1 amide bonds. The van der Waals surface area contributed by atoms with Gasteiger partial charge in [-0.05, 0) is 42.5 Å². The van der Waals surface area contributed by atoms with Crippen LogP contribution >= 0.6 is 0 Å². The molecule has 2 aromatic carbocycles. The summed E-state index contributed by atoms with van der Waals surface area (Å²) >= 11 is 0. The lowest BCUT2D eigenvalue weighted by molar-refractivity contribution is -0.146. The molecule has 2 aromatic heterocycles. The molecule has 186 valence electrons. The predicted octanol–water partition coefficient (Wildman–Crippen LogP) is 4.46. The van der Waals surface area contributed by atoms with Crippen molar-refractivity contribution >= 4 is 17.4 Å². The van der Waals surface area contributed by atoms with E-state index in [1.54, 1.807) is 6.07 Å². The molecule has 1 aliphatic rings. The van der Waals surface area contributed by atoms with Crippen molar-refractivity contribution in [3.05, 3.63) is 89.7 Å². The third kappa shape index (κ3) is 5.17. The van der Waals surface area contributed by atoms with Gasteiger partial charge in [-0.3, -0.25) is 4.79 Å². The summed E-state index contributed by atoms with van der Waals surface area (Å²) in [5.74, 6) is -0.953. The number of hydrogen-bond acceptors (Lipinski definition) is 5. The van der Waals surface area contributed by atoms with Gasteiger partial charge in [0.1, 0.15) is 5.82 Å². The maximum absolute atomic E-state index is 13.2. The summed E-state index contributed by atoms with van der Waals surface area (Å²) in [5.41, 5.74) is 2.21. The first-order chi connectivity index (χ1) is 17.4. The number of amides is 1. The molecule has 0 saturated carbocycles. The fourth-order valence-corrected chi connectivity index (χ4v) is 4.57. The molecule has 1 N–H and O–H groups in total. The van der Waals surface area contributed by atoms with Gasteiger partial charge < -0.3 is 10.2 Å². The van der Waals surface area contributed by atoms with Crippen molar-refractivity contribution in [1.29, 1.82) is 0 Å². The Morgan fingerprint density at radius 1 is 0.944 bits per heavy atom. The van der Waals surface area contributed by atoms with Crippen LogP contribution in [0.2, 0.25) is 0 Å². The predicted molar refractivity (Wildman–Crippen MR) is 128 cm³/mol. The molecule has 5 rings (SSSR count). The monoisotopic (exact) mass is 494 g/mol. The molecular weight excluding hydrogens is 469 g/mol. The lowest BCUT2D eigenvalue weighted by Gasteiger charge is -2.33. The van der Waals surface area contributed by atoms with E-state index >= 15 is 0 Å². The molecule has 3 heterocycles. The van der Waals surface area contributed by atoms with Crippen molar-refractivity contribution < 1.29 is 18.0 Å². The summed E-state index contributed by atoms with van der Waals surface area (Å²) < 4.78 is 40.3. The number of hydrogen-bond donors (Lipinski definition) is 1. The third-order valence-electron chi connectivity index (χ3n) is 6.49. The van der Waals surface area contributed by atoms with Gasteiger partial charge >= 0.3 is 6.18 Å². The SMILES string of the molecule is O=C(NC(Cc1ccccc1)c1ccccc1)C1CCN(c2ccc3nnc(C(F)(F)F)n3n2)CC1. The summed E-state index contributed by atoms with van der Waals surface area (Å²) in [6.07, 6.45) is -2.82. The Morgan fingerprint density at radius 2 is 1.61 bits per heavy atom. The molecule has 7 nitrogen and oxygen atoms in total. The summed E-state index contributed by atoms with van der Waals surface area (Å²) in [7, 11) is 0. The Kier molecular flexibility index (Phi) is 6.58. The molecule has 1 unspecified atom stereocenters. The maximum atomic E-state index is 13.2. The number of aromatic nitrogens is 4. The third-order valence-corrected chi connectivity index (χ3v) is 6.49. The molecule has 0 spiro atoms. The lowest BCUT2D eigenvalue weighted by Crippen LogP contribution is -2.42. The number of piperidine rings is 1. The van der Waals surface area contributed by atoms with Crippen LogP contribution in [-0.2, 0) is 17.4 Å². The fourth-order valence-electron chi connectivity index (χ4n) is 4.57. The largest absolute Gasteiger partial charge is 0.453 e. The van der Waals surface area contributed by atoms with E-state index in [0.29, 0.717) is 38.2 Å². The Hall–Kier alpha value is -3.95. The van der Waals surface area contributed by atoms with Crippen LogP contribution in [0, 0.1) is 5.92 Å². The molecule has 36 heavy (non-hydrogen) atoms. The highest BCUT2D eigenvalue weighted by molar-refractivity contribution is 5.79. The van der Waals surface area contributed by atoms with E-state index in [1.165, 1.54) is 6.07 Å². The van der Waals surface area contributed by atoms with Crippen molar-refractivity contribution in [3.63, 3.8) is 0 Å². The van der Waals surface area contributed by atoms with Crippen molar-refractivity contribution in [1.82, 2.24) is 25.1 Å². The van der Waals surface area contributed by atoms with E-state index in [-0.39, 0.29) is 23.5 Å². The van der Waals surface area contributed by atoms with Gasteiger partial charge in [0.2, 0.25) is 5.91 Å². The highest BCUT2D eigenvalue weighted by Crippen LogP contribution is 2.29. The summed E-state index contributed by atoms with van der Waals surface area (Å²) in [6, 6.07) is 22.9. The van der Waals surface area contributed by atoms with Gasteiger partial charge in [0, 0.05) is 19.0 Å². The Labute approximate surface area is 206 Å². The Balaban J connectivity index is 1.25. The van der Waals surface area contributed by atoms with Crippen LogP contribution in [0.25, 0.3) is 5.65 Å². The first-order valence-electron chi connectivity index (χ1n) is 11.8. The molecule has 0 bridgehead atoms. The maximum Gasteiger partial charge on any atom is 0.453 e. The van der Waals surface area contributed by atoms with E-state index in [1.807, 2.05) is 65.6 Å². The average Bonchev–Trinajstić information content (AvgIpc) is 3.34. The smallest absolute Gasteiger partial charge is 0.355 e. The van der Waals surface area contributed by atoms with Crippen LogP contribution in [0.1, 0.15) is 35.8 Å².